The molecule has 5 rings (SSSR count). The van der Waals surface area contributed by atoms with Crippen molar-refractivity contribution in [2.75, 3.05) is 19.6 Å². The standard InChI is InChI=1S/C29H32N4O3S3/c1-21(2)19-32-28(34)26(38-29(32)37)18-23-20-33(24-12-6-5-7-13-24)30-27(23)22-11-10-14-25(17-22)39(35,36)31-15-8-3-4-9-16-31/h5-7,10-14,17-18,20-21H,3-4,8-9,15-16,19H2,1-2H3/b26-18-. The Labute approximate surface area is 239 Å². The molecular formula is C29H32N4O3S3. The van der Waals surface area contributed by atoms with Gasteiger partial charge in [0.2, 0.25) is 10.0 Å². The molecule has 0 aliphatic carbocycles. The van der Waals surface area contributed by atoms with E-state index in [4.69, 9.17) is 17.3 Å². The van der Waals surface area contributed by atoms with Crippen molar-refractivity contribution in [3.8, 4) is 16.9 Å². The van der Waals surface area contributed by atoms with Crippen molar-refractivity contribution in [3.63, 3.8) is 0 Å². The number of nitrogens with zero attached hydrogens (tertiary/aromatic N) is 4. The first kappa shape index (κ1) is 27.8. The van der Waals surface area contributed by atoms with E-state index in [-0.39, 0.29) is 16.7 Å². The predicted octanol–water partition coefficient (Wildman–Crippen LogP) is 5.96. The lowest BCUT2D eigenvalue weighted by atomic mass is 10.1. The van der Waals surface area contributed by atoms with E-state index in [9.17, 15) is 13.2 Å². The van der Waals surface area contributed by atoms with Gasteiger partial charge < -0.3 is 0 Å². The van der Waals surface area contributed by atoms with Crippen LogP contribution in [0.15, 0.2) is 70.6 Å². The fraction of sp³-hybridized carbons (Fsp3) is 0.345. The van der Waals surface area contributed by atoms with Crippen molar-refractivity contribution in [3.05, 3.63) is 71.3 Å². The van der Waals surface area contributed by atoms with E-state index in [0.717, 1.165) is 31.4 Å². The Bertz CT molecular complexity index is 1510. The number of sulfonamides is 1. The summed E-state index contributed by atoms with van der Waals surface area (Å²) in [4.78, 5) is 15.6. The molecule has 2 saturated heterocycles. The number of carbonyl (C=O) groups is 1. The number of para-hydroxylation sites is 1. The van der Waals surface area contributed by atoms with Crippen molar-refractivity contribution in [1.82, 2.24) is 19.0 Å². The molecule has 10 heteroatoms. The molecule has 3 heterocycles. The van der Waals surface area contributed by atoms with Crippen molar-refractivity contribution >= 4 is 50.3 Å². The quantitative estimate of drug-likeness (QED) is 0.254. The van der Waals surface area contributed by atoms with Crippen LogP contribution in [0.2, 0.25) is 0 Å². The number of aromatic nitrogens is 2. The van der Waals surface area contributed by atoms with Crippen LogP contribution in [0.5, 0.6) is 0 Å². The number of hydrogen-bond acceptors (Lipinski definition) is 6. The topological polar surface area (TPSA) is 75.5 Å². The highest BCUT2D eigenvalue weighted by Gasteiger charge is 2.33. The minimum atomic E-state index is -3.63. The average Bonchev–Trinajstić information content (AvgIpc) is 3.30. The average molecular weight is 581 g/mol. The second-order valence-electron chi connectivity index (χ2n) is 10.2. The minimum Gasteiger partial charge on any atom is -0.293 e. The van der Waals surface area contributed by atoms with Crippen LogP contribution in [0.4, 0.5) is 0 Å². The van der Waals surface area contributed by atoms with Gasteiger partial charge in [0.1, 0.15) is 10.0 Å². The van der Waals surface area contributed by atoms with E-state index >= 15 is 0 Å². The van der Waals surface area contributed by atoms with Crippen molar-refractivity contribution in [2.45, 2.75) is 44.4 Å². The van der Waals surface area contributed by atoms with Gasteiger partial charge in [0.15, 0.2) is 0 Å². The molecule has 0 unspecified atom stereocenters. The maximum Gasteiger partial charge on any atom is 0.266 e. The zero-order chi connectivity index (χ0) is 27.6. The van der Waals surface area contributed by atoms with Gasteiger partial charge >= 0.3 is 0 Å². The largest absolute Gasteiger partial charge is 0.293 e. The molecule has 3 aromatic rings. The highest BCUT2D eigenvalue weighted by atomic mass is 32.2. The van der Waals surface area contributed by atoms with Crippen LogP contribution >= 0.6 is 24.0 Å². The van der Waals surface area contributed by atoms with Crippen LogP contribution in [0.1, 0.15) is 45.1 Å². The lowest BCUT2D eigenvalue weighted by Gasteiger charge is -2.20. The third kappa shape index (κ3) is 6.04. The lowest BCUT2D eigenvalue weighted by molar-refractivity contribution is -0.122. The molecule has 0 atom stereocenters. The van der Waals surface area contributed by atoms with E-state index in [2.05, 4.69) is 13.8 Å². The Morgan fingerprint density at radius 1 is 1.03 bits per heavy atom. The highest BCUT2D eigenvalue weighted by molar-refractivity contribution is 8.26. The van der Waals surface area contributed by atoms with Gasteiger partial charge in [-0.3, -0.25) is 9.69 Å². The molecule has 7 nitrogen and oxygen atoms in total. The van der Waals surface area contributed by atoms with Crippen molar-refractivity contribution < 1.29 is 13.2 Å². The summed E-state index contributed by atoms with van der Waals surface area (Å²) < 4.78 is 31.0. The molecular weight excluding hydrogens is 549 g/mol. The van der Waals surface area contributed by atoms with E-state index < -0.39 is 10.0 Å². The predicted molar refractivity (Wildman–Crippen MR) is 161 cm³/mol. The number of thioether (sulfide) groups is 1. The fourth-order valence-electron chi connectivity index (χ4n) is 4.83. The molecule has 0 radical (unpaired) electrons. The van der Waals surface area contributed by atoms with Gasteiger partial charge in [-0.15, -0.1) is 0 Å². The molecule has 2 aromatic carbocycles. The molecule has 39 heavy (non-hydrogen) atoms. The number of amides is 1. The highest BCUT2D eigenvalue weighted by Crippen LogP contribution is 2.36. The van der Waals surface area contributed by atoms with Crippen LogP contribution in [0.3, 0.4) is 0 Å². The summed E-state index contributed by atoms with van der Waals surface area (Å²) in [7, 11) is -3.63. The van der Waals surface area contributed by atoms with Gasteiger partial charge in [0.05, 0.1) is 15.5 Å². The Kier molecular flexibility index (Phi) is 8.37. The summed E-state index contributed by atoms with van der Waals surface area (Å²) in [6, 6.07) is 16.7. The van der Waals surface area contributed by atoms with Crippen molar-refractivity contribution in [2.24, 2.45) is 5.92 Å². The first-order chi connectivity index (χ1) is 18.7. The third-order valence-corrected chi connectivity index (χ3v) is 10.1. The molecule has 2 fully saturated rings. The van der Waals surface area contributed by atoms with Gasteiger partial charge in [-0.1, -0.05) is 81.0 Å². The molecule has 1 aromatic heterocycles. The number of carbonyl (C=O) groups excluding carboxylic acids is 1. The van der Waals surface area contributed by atoms with Gasteiger partial charge in [-0.25, -0.2) is 13.1 Å². The smallest absolute Gasteiger partial charge is 0.266 e. The molecule has 0 saturated carbocycles. The first-order valence-electron chi connectivity index (χ1n) is 13.2. The van der Waals surface area contributed by atoms with Crippen LogP contribution < -0.4 is 0 Å². The van der Waals surface area contributed by atoms with Gasteiger partial charge in [-0.2, -0.15) is 9.40 Å². The maximum absolute atomic E-state index is 13.5. The maximum atomic E-state index is 13.5. The van der Waals surface area contributed by atoms with Crippen molar-refractivity contribution in [1.29, 1.82) is 0 Å². The number of rotatable bonds is 7. The molecule has 2 aliphatic heterocycles. The van der Waals surface area contributed by atoms with E-state index in [1.165, 1.54) is 11.8 Å². The van der Waals surface area contributed by atoms with Gasteiger partial charge in [0, 0.05) is 37.0 Å². The molecule has 0 bridgehead atoms. The Morgan fingerprint density at radius 3 is 2.44 bits per heavy atom. The molecule has 0 spiro atoms. The van der Waals surface area contributed by atoms with Gasteiger partial charge in [0.25, 0.3) is 5.91 Å². The Balaban J connectivity index is 1.57. The zero-order valence-corrected chi connectivity index (χ0v) is 24.6. The normalized spacial score (nSPS) is 18.3. The SMILES string of the molecule is CC(C)CN1C(=O)/C(=C/c2cn(-c3ccccc3)nc2-c2cccc(S(=O)(=O)N3CCCCCC3)c2)SC1=S. The monoisotopic (exact) mass is 580 g/mol. The second-order valence-corrected chi connectivity index (χ2v) is 13.9. The number of benzene rings is 2. The fourth-order valence-corrected chi connectivity index (χ4v) is 7.66. The van der Waals surface area contributed by atoms with E-state index in [1.807, 2.05) is 48.7 Å². The first-order valence-corrected chi connectivity index (χ1v) is 15.9. The Hall–Kier alpha value is -2.79. The van der Waals surface area contributed by atoms with Crippen LogP contribution in [0, 0.1) is 5.92 Å². The minimum absolute atomic E-state index is 0.116. The second kappa shape index (κ2) is 11.8. The van der Waals surface area contributed by atoms with Crippen LogP contribution in [-0.4, -0.2) is 57.3 Å². The summed E-state index contributed by atoms with van der Waals surface area (Å²) in [6.07, 6.45) is 7.54. The molecule has 2 aliphatic rings. The van der Waals surface area contributed by atoms with Gasteiger partial charge in [-0.05, 0) is 49.1 Å². The van der Waals surface area contributed by atoms with E-state index in [1.54, 1.807) is 32.1 Å². The van der Waals surface area contributed by atoms with E-state index in [0.29, 0.717) is 45.7 Å². The lowest BCUT2D eigenvalue weighted by Crippen LogP contribution is -2.31. The van der Waals surface area contributed by atoms with Crippen LogP contribution in [0.25, 0.3) is 23.0 Å². The number of hydrogen-bond donors (Lipinski definition) is 0. The zero-order valence-electron chi connectivity index (χ0n) is 22.1. The summed E-state index contributed by atoms with van der Waals surface area (Å²) >= 11 is 6.79. The Morgan fingerprint density at radius 2 is 1.74 bits per heavy atom. The molecule has 204 valence electrons. The third-order valence-electron chi connectivity index (χ3n) is 6.78. The summed E-state index contributed by atoms with van der Waals surface area (Å²) in [5.74, 6) is 0.173. The number of thiocarbonyl (C=S) groups is 1. The molecule has 1 amide bonds. The summed E-state index contributed by atoms with van der Waals surface area (Å²) in [6.45, 7) is 5.75. The summed E-state index contributed by atoms with van der Waals surface area (Å²) in [5, 5.41) is 4.85. The molecule has 0 N–H and O–H groups in total. The summed E-state index contributed by atoms with van der Waals surface area (Å²) in [5.41, 5.74) is 2.85. The van der Waals surface area contributed by atoms with Crippen LogP contribution in [-0.2, 0) is 14.8 Å².